The second-order valence-corrected chi connectivity index (χ2v) is 3.39. The number of halogens is 6. The highest BCUT2D eigenvalue weighted by atomic mass is 19.4. The average molecular weight is 266 g/mol. The summed E-state index contributed by atoms with van der Waals surface area (Å²) in [5.74, 6) is -6.50. The van der Waals surface area contributed by atoms with E-state index in [-0.39, 0.29) is 11.8 Å². The molecule has 0 fully saturated rings. The molecule has 2 aromatic rings. The van der Waals surface area contributed by atoms with E-state index in [0.29, 0.717) is 0 Å². The molecule has 0 radical (unpaired) electrons. The molecule has 0 unspecified atom stereocenters. The predicted octanol–water partition coefficient (Wildman–Crippen LogP) is 4.38. The van der Waals surface area contributed by atoms with Crippen molar-refractivity contribution in [3.63, 3.8) is 0 Å². The fourth-order valence-corrected chi connectivity index (χ4v) is 1.42. The molecule has 18 heavy (non-hydrogen) atoms. The molecule has 1 aromatic heterocycles. The SMILES string of the molecule is Fc1c(-c2ccco2)cc(C(F)(F)F)c(F)c1F. The molecule has 0 N–H and O–H groups in total. The molecule has 0 amide bonds. The van der Waals surface area contributed by atoms with E-state index in [0.717, 1.165) is 12.3 Å². The van der Waals surface area contributed by atoms with Crippen molar-refractivity contribution in [2.75, 3.05) is 0 Å². The summed E-state index contributed by atoms with van der Waals surface area (Å²) in [5.41, 5.74) is -2.67. The number of rotatable bonds is 1. The smallest absolute Gasteiger partial charge is 0.419 e. The molecule has 1 heterocycles. The van der Waals surface area contributed by atoms with Gasteiger partial charge in [0.05, 0.1) is 17.4 Å². The average Bonchev–Trinajstić information content (AvgIpc) is 2.78. The molecule has 0 saturated heterocycles. The van der Waals surface area contributed by atoms with Crippen LogP contribution in [0.25, 0.3) is 11.3 Å². The summed E-state index contributed by atoms with van der Waals surface area (Å²) < 4.78 is 81.4. The zero-order valence-electron chi connectivity index (χ0n) is 8.49. The lowest BCUT2D eigenvalue weighted by molar-refractivity contribution is -0.140. The first-order chi connectivity index (χ1) is 8.32. The fourth-order valence-electron chi connectivity index (χ4n) is 1.42. The molecule has 0 bridgehead atoms. The molecule has 0 aliphatic heterocycles. The monoisotopic (exact) mass is 266 g/mol. The van der Waals surface area contributed by atoms with E-state index in [1.807, 2.05) is 0 Å². The van der Waals surface area contributed by atoms with E-state index < -0.39 is 34.8 Å². The van der Waals surface area contributed by atoms with Crippen molar-refractivity contribution < 1.29 is 30.8 Å². The highest BCUT2D eigenvalue weighted by Crippen LogP contribution is 2.37. The Morgan fingerprint density at radius 3 is 2.11 bits per heavy atom. The van der Waals surface area contributed by atoms with Crippen molar-refractivity contribution in [2.45, 2.75) is 6.18 Å². The van der Waals surface area contributed by atoms with Gasteiger partial charge in [-0.05, 0) is 18.2 Å². The van der Waals surface area contributed by atoms with Crippen LogP contribution in [0.5, 0.6) is 0 Å². The largest absolute Gasteiger partial charge is 0.464 e. The Kier molecular flexibility index (Phi) is 2.84. The van der Waals surface area contributed by atoms with E-state index >= 15 is 0 Å². The minimum absolute atomic E-state index is 0.173. The molecular formula is C11H4F6O. The Bertz CT molecular complexity index is 570. The van der Waals surface area contributed by atoms with Crippen LogP contribution in [0.3, 0.4) is 0 Å². The Hall–Kier alpha value is -1.92. The fraction of sp³-hybridized carbons (Fsp3) is 0.0909. The Balaban J connectivity index is 2.73. The van der Waals surface area contributed by atoms with Gasteiger partial charge in [-0.1, -0.05) is 0 Å². The minimum Gasteiger partial charge on any atom is -0.464 e. The maximum absolute atomic E-state index is 13.4. The maximum Gasteiger partial charge on any atom is 0.419 e. The molecular weight excluding hydrogens is 262 g/mol. The summed E-state index contributed by atoms with van der Waals surface area (Å²) in [4.78, 5) is 0. The van der Waals surface area contributed by atoms with Crippen LogP contribution >= 0.6 is 0 Å². The molecule has 2 rings (SSSR count). The van der Waals surface area contributed by atoms with Crippen LogP contribution in [0, 0.1) is 17.5 Å². The minimum atomic E-state index is -5.13. The van der Waals surface area contributed by atoms with Gasteiger partial charge in [-0.2, -0.15) is 13.2 Å². The van der Waals surface area contributed by atoms with Gasteiger partial charge in [0.1, 0.15) is 5.76 Å². The van der Waals surface area contributed by atoms with Gasteiger partial charge in [0.15, 0.2) is 17.5 Å². The van der Waals surface area contributed by atoms with E-state index in [2.05, 4.69) is 4.42 Å². The second kappa shape index (κ2) is 4.08. The summed E-state index contributed by atoms with van der Waals surface area (Å²) in [5, 5.41) is 0. The molecule has 1 nitrogen and oxygen atoms in total. The van der Waals surface area contributed by atoms with Gasteiger partial charge in [0, 0.05) is 0 Å². The van der Waals surface area contributed by atoms with Crippen LogP contribution < -0.4 is 0 Å². The molecule has 0 atom stereocenters. The molecule has 1 aromatic carbocycles. The molecule has 0 saturated carbocycles. The second-order valence-electron chi connectivity index (χ2n) is 3.39. The Morgan fingerprint density at radius 2 is 1.61 bits per heavy atom. The lowest BCUT2D eigenvalue weighted by Gasteiger charge is -2.11. The van der Waals surface area contributed by atoms with Gasteiger partial charge in [-0.3, -0.25) is 0 Å². The van der Waals surface area contributed by atoms with Gasteiger partial charge < -0.3 is 4.42 Å². The van der Waals surface area contributed by atoms with Crippen LogP contribution in [0.4, 0.5) is 26.3 Å². The van der Waals surface area contributed by atoms with E-state index in [9.17, 15) is 26.3 Å². The Morgan fingerprint density at radius 1 is 0.944 bits per heavy atom. The topological polar surface area (TPSA) is 13.1 Å². The Labute approximate surface area is 96.6 Å². The molecule has 0 spiro atoms. The number of alkyl halides is 3. The quantitative estimate of drug-likeness (QED) is 0.551. The molecule has 7 heteroatoms. The summed E-state index contributed by atoms with van der Waals surface area (Å²) in [6.07, 6.45) is -4.05. The van der Waals surface area contributed by atoms with Crippen LogP contribution in [-0.2, 0) is 6.18 Å². The number of hydrogen-bond acceptors (Lipinski definition) is 1. The van der Waals surface area contributed by atoms with Gasteiger partial charge in [0.25, 0.3) is 0 Å². The van der Waals surface area contributed by atoms with E-state index in [1.54, 1.807) is 0 Å². The third kappa shape index (κ3) is 1.96. The van der Waals surface area contributed by atoms with E-state index in [4.69, 9.17) is 0 Å². The lowest BCUT2D eigenvalue weighted by Crippen LogP contribution is -2.11. The lowest BCUT2D eigenvalue weighted by atomic mass is 10.1. The standard InChI is InChI=1S/C11H4F6O/c12-8-5(7-2-1-3-18-7)4-6(11(15,16)17)9(13)10(8)14/h1-4H. The van der Waals surface area contributed by atoms with Crippen LogP contribution in [0.15, 0.2) is 28.9 Å². The first kappa shape index (κ1) is 12.5. The number of hydrogen-bond donors (Lipinski definition) is 0. The first-order valence-corrected chi connectivity index (χ1v) is 4.61. The van der Waals surface area contributed by atoms with Gasteiger partial charge in [0.2, 0.25) is 0 Å². The third-order valence-electron chi connectivity index (χ3n) is 2.24. The summed E-state index contributed by atoms with van der Waals surface area (Å²) in [7, 11) is 0. The van der Waals surface area contributed by atoms with Crippen molar-refractivity contribution in [2.24, 2.45) is 0 Å². The van der Waals surface area contributed by atoms with Crippen molar-refractivity contribution in [1.82, 2.24) is 0 Å². The molecule has 0 aliphatic rings. The zero-order valence-corrected chi connectivity index (χ0v) is 8.49. The van der Waals surface area contributed by atoms with E-state index in [1.165, 1.54) is 6.07 Å². The first-order valence-electron chi connectivity index (χ1n) is 4.61. The van der Waals surface area contributed by atoms with Gasteiger partial charge in [-0.25, -0.2) is 13.2 Å². The number of benzene rings is 1. The molecule has 96 valence electrons. The van der Waals surface area contributed by atoms with Crippen LogP contribution in [0.1, 0.15) is 5.56 Å². The van der Waals surface area contributed by atoms with Crippen molar-refractivity contribution in [3.8, 4) is 11.3 Å². The molecule has 0 aliphatic carbocycles. The summed E-state index contributed by atoms with van der Waals surface area (Å²) >= 11 is 0. The number of furan rings is 1. The van der Waals surface area contributed by atoms with Crippen molar-refractivity contribution >= 4 is 0 Å². The summed E-state index contributed by atoms with van der Waals surface area (Å²) in [6, 6.07) is 2.59. The van der Waals surface area contributed by atoms with Gasteiger partial charge >= 0.3 is 6.18 Å². The normalized spacial score (nSPS) is 11.9. The predicted molar refractivity (Wildman–Crippen MR) is 49.0 cm³/mol. The van der Waals surface area contributed by atoms with Crippen molar-refractivity contribution in [1.29, 1.82) is 0 Å². The van der Waals surface area contributed by atoms with Crippen LogP contribution in [0.2, 0.25) is 0 Å². The third-order valence-corrected chi connectivity index (χ3v) is 2.24. The maximum atomic E-state index is 13.4. The zero-order chi connectivity index (χ0) is 13.5. The van der Waals surface area contributed by atoms with Gasteiger partial charge in [-0.15, -0.1) is 0 Å². The van der Waals surface area contributed by atoms with Crippen LogP contribution in [-0.4, -0.2) is 0 Å². The highest BCUT2D eigenvalue weighted by Gasteiger charge is 2.38. The van der Waals surface area contributed by atoms with Crippen molar-refractivity contribution in [3.05, 3.63) is 47.5 Å². The summed E-state index contributed by atoms with van der Waals surface area (Å²) in [6.45, 7) is 0. The highest BCUT2D eigenvalue weighted by molar-refractivity contribution is 5.60.